The van der Waals surface area contributed by atoms with E-state index < -0.39 is 12.2 Å². The molecule has 40 heavy (non-hydrogen) atoms. The Kier molecular flexibility index (Phi) is 6.64. The highest BCUT2D eigenvalue weighted by Crippen LogP contribution is 2.61. The molecule has 0 amide bonds. The van der Waals surface area contributed by atoms with Crippen LogP contribution in [-0.4, -0.2) is 31.5 Å². The van der Waals surface area contributed by atoms with Crippen molar-refractivity contribution >= 4 is 6.08 Å². The third kappa shape index (κ3) is 4.43. The lowest BCUT2D eigenvalue weighted by Crippen LogP contribution is -2.39. The summed E-state index contributed by atoms with van der Waals surface area (Å²) in [6.45, 7) is 0. The second kappa shape index (κ2) is 10.4. The van der Waals surface area contributed by atoms with Crippen LogP contribution in [-0.2, 0) is 0 Å². The summed E-state index contributed by atoms with van der Waals surface area (Å²) in [6, 6.07) is 24.2. The predicted molar refractivity (Wildman–Crippen MR) is 151 cm³/mol. The lowest BCUT2D eigenvalue weighted by molar-refractivity contribution is -0.0107. The minimum atomic E-state index is -0.519. The van der Waals surface area contributed by atoms with Gasteiger partial charge >= 0.3 is 0 Å². The standard InChI is InChI=1S/C33H30O7/c1-36-23-12-9-19(10-13-23)11-14-24-29-25(37-2)15-21(34)17-27(29)40-33-30(24)32(20-7-5-4-6-8-20)39-28-18-22(35)16-26(38-3)31(28)33/h4-18,24,30,32-35H,1-3H3/b14-11-/t24-,30-,32-,33-/m1/s1. The van der Waals surface area contributed by atoms with Gasteiger partial charge in [-0.3, -0.25) is 0 Å². The summed E-state index contributed by atoms with van der Waals surface area (Å²) >= 11 is 0. The number of phenols is 2. The van der Waals surface area contributed by atoms with Crippen LogP contribution in [0.5, 0.6) is 40.2 Å². The van der Waals surface area contributed by atoms with Crippen molar-refractivity contribution in [2.24, 2.45) is 5.92 Å². The number of fused-ring (bicyclic) bond motifs is 4. The Morgan fingerprint density at radius 3 is 1.90 bits per heavy atom. The minimum Gasteiger partial charge on any atom is -0.508 e. The van der Waals surface area contributed by atoms with Crippen LogP contribution in [0.2, 0.25) is 0 Å². The number of phenolic OH excluding ortho intramolecular Hbond substituents is 2. The fourth-order valence-corrected chi connectivity index (χ4v) is 5.81. The zero-order valence-corrected chi connectivity index (χ0v) is 22.4. The van der Waals surface area contributed by atoms with Gasteiger partial charge in [-0.1, -0.05) is 54.6 Å². The minimum absolute atomic E-state index is 0.0346. The average molecular weight is 539 g/mol. The third-order valence-corrected chi connectivity index (χ3v) is 7.60. The van der Waals surface area contributed by atoms with E-state index in [1.54, 1.807) is 45.6 Å². The number of allylic oxidation sites excluding steroid dienone is 1. The largest absolute Gasteiger partial charge is 0.508 e. The molecule has 7 heteroatoms. The Bertz CT molecular complexity index is 1550. The van der Waals surface area contributed by atoms with Crippen LogP contribution in [0.4, 0.5) is 0 Å². The molecule has 0 aliphatic carbocycles. The summed E-state index contributed by atoms with van der Waals surface area (Å²) in [6.07, 6.45) is 3.25. The van der Waals surface area contributed by atoms with Crippen LogP contribution in [0.3, 0.4) is 0 Å². The third-order valence-electron chi connectivity index (χ3n) is 7.60. The van der Waals surface area contributed by atoms with E-state index in [1.807, 2.05) is 54.6 Å². The van der Waals surface area contributed by atoms with Gasteiger partial charge in [-0.05, 0) is 23.3 Å². The quantitative estimate of drug-likeness (QED) is 0.279. The fourth-order valence-electron chi connectivity index (χ4n) is 5.81. The summed E-state index contributed by atoms with van der Waals surface area (Å²) in [5.74, 6) is 2.33. The highest BCUT2D eigenvalue weighted by Gasteiger charge is 2.50. The molecule has 0 bridgehead atoms. The second-order valence-electron chi connectivity index (χ2n) is 9.84. The normalized spacial score (nSPS) is 20.9. The molecule has 2 aliphatic rings. The number of hydrogen-bond donors (Lipinski definition) is 2. The van der Waals surface area contributed by atoms with Gasteiger partial charge in [0.25, 0.3) is 0 Å². The monoisotopic (exact) mass is 538 g/mol. The molecule has 0 fully saturated rings. The fraction of sp³-hybridized carbons (Fsp3) is 0.212. The highest BCUT2D eigenvalue weighted by molar-refractivity contribution is 5.62. The summed E-state index contributed by atoms with van der Waals surface area (Å²) in [4.78, 5) is 0. The molecule has 0 spiro atoms. The predicted octanol–water partition coefficient (Wildman–Crippen LogP) is 6.80. The Morgan fingerprint density at radius 2 is 1.27 bits per heavy atom. The van der Waals surface area contributed by atoms with Crippen molar-refractivity contribution in [1.29, 1.82) is 0 Å². The summed E-state index contributed by atoms with van der Waals surface area (Å²) in [5.41, 5.74) is 3.49. The van der Waals surface area contributed by atoms with Crippen molar-refractivity contribution in [2.75, 3.05) is 21.3 Å². The first kappa shape index (κ1) is 25.5. The topological polar surface area (TPSA) is 86.6 Å². The van der Waals surface area contributed by atoms with E-state index in [-0.39, 0.29) is 23.3 Å². The number of aromatic hydroxyl groups is 2. The first-order valence-electron chi connectivity index (χ1n) is 13.0. The van der Waals surface area contributed by atoms with Crippen LogP contribution in [0.25, 0.3) is 6.08 Å². The molecule has 204 valence electrons. The second-order valence-corrected chi connectivity index (χ2v) is 9.84. The summed E-state index contributed by atoms with van der Waals surface area (Å²) < 4.78 is 30.2. The number of benzene rings is 4. The zero-order valence-electron chi connectivity index (χ0n) is 22.4. The van der Waals surface area contributed by atoms with Gasteiger partial charge in [-0.15, -0.1) is 0 Å². The maximum Gasteiger partial charge on any atom is 0.139 e. The van der Waals surface area contributed by atoms with Crippen LogP contribution < -0.4 is 23.7 Å². The smallest absolute Gasteiger partial charge is 0.139 e. The molecule has 0 radical (unpaired) electrons. The van der Waals surface area contributed by atoms with E-state index in [4.69, 9.17) is 23.7 Å². The van der Waals surface area contributed by atoms with Crippen molar-refractivity contribution in [3.8, 4) is 40.2 Å². The van der Waals surface area contributed by atoms with Crippen LogP contribution in [0.1, 0.15) is 40.4 Å². The van der Waals surface area contributed by atoms with Crippen LogP contribution in [0, 0.1) is 5.92 Å². The Balaban J connectivity index is 1.58. The van der Waals surface area contributed by atoms with Gasteiger partial charge < -0.3 is 33.9 Å². The number of hydrogen-bond acceptors (Lipinski definition) is 7. The molecule has 4 aromatic carbocycles. The molecule has 4 atom stereocenters. The van der Waals surface area contributed by atoms with Crippen molar-refractivity contribution in [3.05, 3.63) is 107 Å². The molecular weight excluding hydrogens is 508 g/mol. The van der Waals surface area contributed by atoms with Gasteiger partial charge in [0.05, 0.1) is 32.8 Å². The summed E-state index contributed by atoms with van der Waals surface area (Å²) in [7, 11) is 4.78. The lowest BCUT2D eigenvalue weighted by Gasteiger charge is -2.46. The zero-order chi connectivity index (χ0) is 27.8. The van der Waals surface area contributed by atoms with E-state index in [9.17, 15) is 10.2 Å². The van der Waals surface area contributed by atoms with E-state index in [0.29, 0.717) is 28.6 Å². The SMILES string of the molecule is COc1ccc(/C=C\[C@@H]2c3c(OC)cc(O)cc3O[C@H]3c4c(OC)cc(O)cc4O[C@H](c4ccccc4)[C@@H]23)cc1. The molecule has 2 heterocycles. The maximum atomic E-state index is 10.5. The molecule has 2 N–H and O–H groups in total. The average Bonchev–Trinajstić information content (AvgIpc) is 2.98. The van der Waals surface area contributed by atoms with Crippen LogP contribution in [0.15, 0.2) is 84.9 Å². The van der Waals surface area contributed by atoms with Gasteiger partial charge in [0.15, 0.2) is 0 Å². The number of rotatable bonds is 6. The molecule has 0 saturated heterocycles. The first-order chi connectivity index (χ1) is 19.5. The number of methoxy groups -OCH3 is 3. The van der Waals surface area contributed by atoms with Crippen molar-refractivity contribution in [3.63, 3.8) is 0 Å². The molecule has 0 aromatic heterocycles. The van der Waals surface area contributed by atoms with Gasteiger partial charge in [-0.25, -0.2) is 0 Å². The molecule has 7 nitrogen and oxygen atoms in total. The molecule has 4 aromatic rings. The van der Waals surface area contributed by atoms with Crippen molar-refractivity contribution in [2.45, 2.75) is 18.1 Å². The van der Waals surface area contributed by atoms with Gasteiger partial charge in [0, 0.05) is 35.7 Å². The van der Waals surface area contributed by atoms with E-state index in [0.717, 1.165) is 22.4 Å². The Hall–Kier alpha value is -4.78. The molecule has 6 rings (SSSR count). The summed E-state index contributed by atoms with van der Waals surface area (Å²) in [5, 5.41) is 21.0. The van der Waals surface area contributed by atoms with Crippen molar-refractivity contribution in [1.82, 2.24) is 0 Å². The van der Waals surface area contributed by atoms with Gasteiger partial charge in [-0.2, -0.15) is 0 Å². The molecule has 2 aliphatic heterocycles. The van der Waals surface area contributed by atoms with E-state index >= 15 is 0 Å². The number of ether oxygens (including phenoxy) is 5. The Morgan fingerprint density at radius 1 is 0.675 bits per heavy atom. The first-order valence-corrected chi connectivity index (χ1v) is 13.0. The van der Waals surface area contributed by atoms with Gasteiger partial charge in [0.2, 0.25) is 0 Å². The molecule has 0 saturated carbocycles. The Labute approximate surface area is 232 Å². The van der Waals surface area contributed by atoms with Crippen molar-refractivity contribution < 1.29 is 33.9 Å². The molecule has 0 unspecified atom stereocenters. The van der Waals surface area contributed by atoms with Crippen LogP contribution >= 0.6 is 0 Å². The lowest BCUT2D eigenvalue weighted by atomic mass is 9.71. The highest BCUT2D eigenvalue weighted by atomic mass is 16.5. The van der Waals surface area contributed by atoms with E-state index in [2.05, 4.69) is 12.2 Å². The molecular formula is C33H30O7. The van der Waals surface area contributed by atoms with Gasteiger partial charge in [0.1, 0.15) is 52.5 Å². The maximum absolute atomic E-state index is 10.5. The van der Waals surface area contributed by atoms with E-state index in [1.165, 1.54) is 0 Å².